The SMILES string of the molecule is O=C(Nc1ccc(Br)c(Cl)c1)C1CCS(=O)(=O)C1. The number of hydrogen-bond acceptors (Lipinski definition) is 3. The van der Waals surface area contributed by atoms with Crippen LogP contribution in [-0.4, -0.2) is 25.8 Å². The van der Waals surface area contributed by atoms with Crippen LogP contribution in [0.2, 0.25) is 5.02 Å². The van der Waals surface area contributed by atoms with Gasteiger partial charge in [-0.15, -0.1) is 0 Å². The molecule has 4 nitrogen and oxygen atoms in total. The molecule has 0 bridgehead atoms. The van der Waals surface area contributed by atoms with E-state index in [1.807, 2.05) is 0 Å². The van der Waals surface area contributed by atoms with Crippen molar-refractivity contribution < 1.29 is 13.2 Å². The number of carbonyl (C=O) groups excluding carboxylic acids is 1. The standard InChI is InChI=1S/C11H11BrClNO3S/c12-9-2-1-8(5-10(9)13)14-11(15)7-3-4-18(16,17)6-7/h1-2,5,7H,3-4,6H2,(H,14,15). The van der Waals surface area contributed by atoms with Gasteiger partial charge in [-0.05, 0) is 40.5 Å². The number of halogens is 2. The molecule has 0 radical (unpaired) electrons. The molecule has 98 valence electrons. The largest absolute Gasteiger partial charge is 0.326 e. The molecule has 1 saturated heterocycles. The van der Waals surface area contributed by atoms with E-state index in [-0.39, 0.29) is 17.4 Å². The molecule has 0 saturated carbocycles. The van der Waals surface area contributed by atoms with E-state index in [1.54, 1.807) is 18.2 Å². The Labute approximate surface area is 119 Å². The summed E-state index contributed by atoms with van der Waals surface area (Å²) < 4.78 is 23.3. The Hall–Kier alpha value is -0.590. The Morgan fingerprint density at radius 3 is 2.72 bits per heavy atom. The van der Waals surface area contributed by atoms with Crippen molar-refractivity contribution in [2.24, 2.45) is 5.92 Å². The Kier molecular flexibility index (Phi) is 3.99. The molecule has 1 aliphatic rings. The van der Waals surface area contributed by atoms with Gasteiger partial charge in [-0.1, -0.05) is 11.6 Å². The van der Waals surface area contributed by atoms with Crippen LogP contribution in [0.25, 0.3) is 0 Å². The summed E-state index contributed by atoms with van der Waals surface area (Å²) in [6, 6.07) is 5.05. The zero-order chi connectivity index (χ0) is 13.3. The minimum absolute atomic E-state index is 0.0664. The monoisotopic (exact) mass is 351 g/mol. The van der Waals surface area contributed by atoms with E-state index in [4.69, 9.17) is 11.6 Å². The van der Waals surface area contributed by atoms with Gasteiger partial charge in [0.15, 0.2) is 9.84 Å². The second-order valence-corrected chi connectivity index (χ2v) is 7.71. The molecular weight excluding hydrogens is 342 g/mol. The van der Waals surface area contributed by atoms with Gasteiger partial charge in [0.25, 0.3) is 0 Å². The Morgan fingerprint density at radius 1 is 1.44 bits per heavy atom. The number of amides is 1. The van der Waals surface area contributed by atoms with Crippen molar-refractivity contribution in [1.82, 2.24) is 0 Å². The fourth-order valence-electron chi connectivity index (χ4n) is 1.82. The smallest absolute Gasteiger partial charge is 0.228 e. The molecule has 7 heteroatoms. The Bertz CT molecular complexity index is 588. The van der Waals surface area contributed by atoms with Crippen LogP contribution in [0.5, 0.6) is 0 Å². The van der Waals surface area contributed by atoms with Crippen LogP contribution in [0.4, 0.5) is 5.69 Å². The normalized spacial score (nSPS) is 21.8. The van der Waals surface area contributed by atoms with Crippen LogP contribution >= 0.6 is 27.5 Å². The first-order valence-corrected chi connectivity index (χ1v) is 8.33. The predicted molar refractivity (Wildman–Crippen MR) is 74.5 cm³/mol. The molecular formula is C11H11BrClNO3S. The first-order chi connectivity index (χ1) is 8.37. The van der Waals surface area contributed by atoms with E-state index >= 15 is 0 Å². The molecule has 1 heterocycles. The van der Waals surface area contributed by atoms with Gasteiger partial charge in [0, 0.05) is 10.2 Å². The summed E-state index contributed by atoms with van der Waals surface area (Å²) in [6.45, 7) is 0. The highest BCUT2D eigenvalue weighted by Crippen LogP contribution is 2.26. The van der Waals surface area contributed by atoms with Crippen molar-refractivity contribution in [3.63, 3.8) is 0 Å². The average Bonchev–Trinajstić information content (AvgIpc) is 2.64. The van der Waals surface area contributed by atoms with Crippen molar-refractivity contribution >= 4 is 49.0 Å². The van der Waals surface area contributed by atoms with Crippen LogP contribution in [0, 0.1) is 5.92 Å². The van der Waals surface area contributed by atoms with Crippen molar-refractivity contribution in [2.45, 2.75) is 6.42 Å². The van der Waals surface area contributed by atoms with Gasteiger partial charge in [0.1, 0.15) is 0 Å². The second-order valence-electron chi connectivity index (χ2n) is 4.22. The van der Waals surface area contributed by atoms with Crippen molar-refractivity contribution in [2.75, 3.05) is 16.8 Å². The average molecular weight is 353 g/mol. The maximum atomic E-state index is 11.9. The number of carbonyl (C=O) groups is 1. The maximum Gasteiger partial charge on any atom is 0.228 e. The van der Waals surface area contributed by atoms with Gasteiger partial charge in [-0.3, -0.25) is 4.79 Å². The lowest BCUT2D eigenvalue weighted by molar-refractivity contribution is -0.119. The first kappa shape index (κ1) is 13.8. The molecule has 0 aromatic heterocycles. The third-order valence-corrected chi connectivity index (χ3v) is 5.79. The van der Waals surface area contributed by atoms with Gasteiger partial charge in [-0.25, -0.2) is 8.42 Å². The molecule has 0 aliphatic carbocycles. The molecule has 1 atom stereocenters. The highest BCUT2D eigenvalue weighted by molar-refractivity contribution is 9.10. The molecule has 1 aliphatic heterocycles. The molecule has 1 aromatic rings. The second kappa shape index (κ2) is 5.19. The molecule has 18 heavy (non-hydrogen) atoms. The van der Waals surface area contributed by atoms with Crippen LogP contribution in [0.3, 0.4) is 0 Å². The molecule has 0 spiro atoms. The van der Waals surface area contributed by atoms with Gasteiger partial charge >= 0.3 is 0 Å². The number of anilines is 1. The highest BCUT2D eigenvalue weighted by Gasteiger charge is 2.32. The van der Waals surface area contributed by atoms with Gasteiger partial charge in [0.05, 0.1) is 22.4 Å². The molecule has 1 amide bonds. The number of benzene rings is 1. The van der Waals surface area contributed by atoms with Crippen LogP contribution in [-0.2, 0) is 14.6 Å². The van der Waals surface area contributed by atoms with Crippen molar-refractivity contribution in [3.8, 4) is 0 Å². The van der Waals surface area contributed by atoms with E-state index in [2.05, 4.69) is 21.2 Å². The summed E-state index contributed by atoms with van der Waals surface area (Å²) in [4.78, 5) is 11.9. The number of sulfone groups is 1. The Balaban J connectivity index is 2.06. The third-order valence-electron chi connectivity index (χ3n) is 2.79. The van der Waals surface area contributed by atoms with Crippen LogP contribution < -0.4 is 5.32 Å². The van der Waals surface area contributed by atoms with Gasteiger partial charge in [-0.2, -0.15) is 0 Å². The predicted octanol–water partition coefficient (Wildman–Crippen LogP) is 2.48. The van der Waals surface area contributed by atoms with E-state index in [0.717, 1.165) is 4.47 Å². The highest BCUT2D eigenvalue weighted by atomic mass is 79.9. The van der Waals surface area contributed by atoms with Gasteiger partial charge in [0.2, 0.25) is 5.91 Å². The summed E-state index contributed by atoms with van der Waals surface area (Å²) in [6.07, 6.45) is 0.387. The topological polar surface area (TPSA) is 63.2 Å². The number of nitrogens with one attached hydrogen (secondary N) is 1. The minimum atomic E-state index is -3.04. The Morgan fingerprint density at radius 2 is 2.17 bits per heavy atom. The summed E-state index contributed by atoms with van der Waals surface area (Å²) in [5.41, 5.74) is 0.567. The van der Waals surface area contributed by atoms with Gasteiger partial charge < -0.3 is 5.32 Å². The molecule has 1 aromatic carbocycles. The molecule has 1 N–H and O–H groups in total. The van der Waals surface area contributed by atoms with E-state index in [0.29, 0.717) is 17.1 Å². The lowest BCUT2D eigenvalue weighted by atomic mass is 10.1. The molecule has 1 unspecified atom stereocenters. The number of rotatable bonds is 2. The summed E-state index contributed by atoms with van der Waals surface area (Å²) in [7, 11) is -3.04. The zero-order valence-electron chi connectivity index (χ0n) is 9.32. The summed E-state index contributed by atoms with van der Waals surface area (Å²) >= 11 is 9.16. The minimum Gasteiger partial charge on any atom is -0.326 e. The fraction of sp³-hybridized carbons (Fsp3) is 0.364. The quantitative estimate of drug-likeness (QED) is 0.889. The van der Waals surface area contributed by atoms with Crippen molar-refractivity contribution in [3.05, 3.63) is 27.7 Å². The zero-order valence-corrected chi connectivity index (χ0v) is 12.5. The summed E-state index contributed by atoms with van der Waals surface area (Å²) in [5.74, 6) is -0.707. The molecule has 2 rings (SSSR count). The maximum absolute atomic E-state index is 11.9. The van der Waals surface area contributed by atoms with Crippen LogP contribution in [0.15, 0.2) is 22.7 Å². The lowest BCUT2D eigenvalue weighted by Crippen LogP contribution is -2.23. The van der Waals surface area contributed by atoms with E-state index < -0.39 is 15.8 Å². The van der Waals surface area contributed by atoms with Crippen LogP contribution in [0.1, 0.15) is 6.42 Å². The lowest BCUT2D eigenvalue weighted by Gasteiger charge is -2.10. The van der Waals surface area contributed by atoms with E-state index in [1.165, 1.54) is 0 Å². The van der Waals surface area contributed by atoms with Crippen molar-refractivity contribution in [1.29, 1.82) is 0 Å². The third kappa shape index (κ3) is 3.24. The molecule has 1 fully saturated rings. The van der Waals surface area contributed by atoms with E-state index in [9.17, 15) is 13.2 Å². The number of hydrogen-bond donors (Lipinski definition) is 1. The fourth-order valence-corrected chi connectivity index (χ4v) is 3.99. The summed E-state index contributed by atoms with van der Waals surface area (Å²) in [5, 5.41) is 3.17. The first-order valence-electron chi connectivity index (χ1n) is 5.34.